The van der Waals surface area contributed by atoms with Gasteiger partial charge in [0.1, 0.15) is 0 Å². The van der Waals surface area contributed by atoms with Gasteiger partial charge < -0.3 is 10.2 Å². The highest BCUT2D eigenvalue weighted by Gasteiger charge is 2.34. The summed E-state index contributed by atoms with van der Waals surface area (Å²) in [6.45, 7) is 2.17. The van der Waals surface area contributed by atoms with Crippen molar-refractivity contribution in [1.82, 2.24) is 10.2 Å². The van der Waals surface area contributed by atoms with E-state index in [9.17, 15) is 4.79 Å². The van der Waals surface area contributed by atoms with Crippen molar-refractivity contribution in [3.63, 3.8) is 0 Å². The summed E-state index contributed by atoms with van der Waals surface area (Å²) >= 11 is 0. The van der Waals surface area contributed by atoms with Crippen molar-refractivity contribution in [3.8, 4) is 0 Å². The third-order valence-electron chi connectivity index (χ3n) is 3.19. The topological polar surface area (TPSA) is 32.3 Å². The Labute approximate surface area is 85.3 Å². The van der Waals surface area contributed by atoms with Crippen LogP contribution in [0.1, 0.15) is 19.3 Å². The summed E-state index contributed by atoms with van der Waals surface area (Å²) in [5.41, 5.74) is 0. The molecule has 2 heterocycles. The van der Waals surface area contributed by atoms with E-state index in [1.807, 2.05) is 11.9 Å². The first-order valence-electron chi connectivity index (χ1n) is 4.75. The van der Waals surface area contributed by atoms with Crippen LogP contribution in [0.2, 0.25) is 0 Å². The molecule has 0 aromatic carbocycles. The van der Waals surface area contributed by atoms with Crippen molar-refractivity contribution < 1.29 is 4.79 Å². The Balaban J connectivity index is 0.000000845. The van der Waals surface area contributed by atoms with Gasteiger partial charge in [-0.25, -0.2) is 0 Å². The van der Waals surface area contributed by atoms with Crippen molar-refractivity contribution in [3.05, 3.63) is 0 Å². The second-order valence-electron chi connectivity index (χ2n) is 3.86. The predicted octanol–water partition coefficient (Wildman–Crippen LogP) is 0.638. The third kappa shape index (κ3) is 1.97. The van der Waals surface area contributed by atoms with Crippen LogP contribution >= 0.6 is 12.4 Å². The van der Waals surface area contributed by atoms with Crippen molar-refractivity contribution in [2.45, 2.75) is 25.3 Å². The molecule has 76 valence electrons. The van der Waals surface area contributed by atoms with Crippen LogP contribution in [-0.2, 0) is 4.79 Å². The molecule has 13 heavy (non-hydrogen) atoms. The Morgan fingerprint density at radius 2 is 2.23 bits per heavy atom. The number of hydrogen-bond donors (Lipinski definition) is 1. The molecular weight excluding hydrogens is 188 g/mol. The first-order valence-corrected chi connectivity index (χ1v) is 4.75. The summed E-state index contributed by atoms with van der Waals surface area (Å²) in [4.78, 5) is 13.3. The molecule has 2 fully saturated rings. The smallest absolute Gasteiger partial charge is 0.222 e. The molecule has 1 N–H and O–H groups in total. The zero-order valence-corrected chi connectivity index (χ0v) is 8.77. The number of likely N-dealkylation sites (tertiary alicyclic amines) is 1. The minimum absolute atomic E-state index is 0. The van der Waals surface area contributed by atoms with Gasteiger partial charge >= 0.3 is 0 Å². The fourth-order valence-electron chi connectivity index (χ4n) is 2.38. The van der Waals surface area contributed by atoms with Crippen molar-refractivity contribution in [2.24, 2.45) is 5.92 Å². The fourth-order valence-corrected chi connectivity index (χ4v) is 2.38. The van der Waals surface area contributed by atoms with E-state index < -0.39 is 0 Å². The minimum Gasteiger partial charge on any atom is -0.342 e. The van der Waals surface area contributed by atoms with E-state index >= 15 is 0 Å². The molecule has 0 radical (unpaired) electrons. The Morgan fingerprint density at radius 1 is 1.46 bits per heavy atom. The maximum Gasteiger partial charge on any atom is 0.222 e. The van der Waals surface area contributed by atoms with Crippen LogP contribution in [-0.4, -0.2) is 37.0 Å². The molecule has 2 aliphatic rings. The van der Waals surface area contributed by atoms with Gasteiger partial charge in [0.05, 0.1) is 0 Å². The molecule has 0 bridgehead atoms. The molecule has 2 rings (SSSR count). The van der Waals surface area contributed by atoms with E-state index in [0.717, 1.165) is 32.4 Å². The molecule has 0 saturated carbocycles. The quantitative estimate of drug-likeness (QED) is 0.628. The highest BCUT2D eigenvalue weighted by atomic mass is 35.5. The zero-order chi connectivity index (χ0) is 8.55. The lowest BCUT2D eigenvalue weighted by atomic mass is 9.85. The lowest BCUT2D eigenvalue weighted by Crippen LogP contribution is -2.53. The van der Waals surface area contributed by atoms with E-state index in [-0.39, 0.29) is 12.4 Å². The van der Waals surface area contributed by atoms with Gasteiger partial charge in [-0.2, -0.15) is 0 Å². The number of carbonyl (C=O) groups is 1. The highest BCUT2D eigenvalue weighted by molar-refractivity contribution is 5.85. The van der Waals surface area contributed by atoms with E-state index in [1.54, 1.807) is 0 Å². The van der Waals surface area contributed by atoms with Crippen molar-refractivity contribution >= 4 is 18.3 Å². The Hall–Kier alpha value is -0.280. The fraction of sp³-hybridized carbons (Fsp3) is 0.889. The summed E-state index contributed by atoms with van der Waals surface area (Å²) in [6, 6.07) is 0.521. The normalized spacial score (nSPS) is 33.6. The van der Waals surface area contributed by atoms with Gasteiger partial charge in [0.15, 0.2) is 0 Å². The van der Waals surface area contributed by atoms with Gasteiger partial charge in [-0.05, 0) is 31.8 Å². The molecule has 2 atom stereocenters. The van der Waals surface area contributed by atoms with E-state index in [4.69, 9.17) is 0 Å². The van der Waals surface area contributed by atoms with Crippen LogP contribution in [0.15, 0.2) is 0 Å². The number of piperidine rings is 2. The second-order valence-corrected chi connectivity index (χ2v) is 3.86. The van der Waals surface area contributed by atoms with Crippen LogP contribution in [0.4, 0.5) is 0 Å². The molecule has 0 aliphatic carbocycles. The largest absolute Gasteiger partial charge is 0.342 e. The number of nitrogens with one attached hydrogen (secondary N) is 1. The van der Waals surface area contributed by atoms with Crippen LogP contribution in [0.3, 0.4) is 0 Å². The summed E-state index contributed by atoms with van der Waals surface area (Å²) in [5.74, 6) is 1.04. The molecule has 0 spiro atoms. The molecule has 4 heteroatoms. The minimum atomic E-state index is 0. The van der Waals surface area contributed by atoms with Gasteiger partial charge in [-0.15, -0.1) is 12.4 Å². The first-order chi connectivity index (χ1) is 5.79. The number of nitrogens with zero attached hydrogens (tertiary/aromatic N) is 1. The third-order valence-corrected chi connectivity index (χ3v) is 3.19. The van der Waals surface area contributed by atoms with Gasteiger partial charge in [0, 0.05) is 19.5 Å². The molecule has 2 aliphatic heterocycles. The summed E-state index contributed by atoms with van der Waals surface area (Å²) < 4.78 is 0. The molecule has 1 amide bonds. The number of fused-ring (bicyclic) bond motifs is 1. The number of rotatable bonds is 0. The lowest BCUT2D eigenvalue weighted by molar-refractivity contribution is -0.137. The molecule has 0 aromatic heterocycles. The number of hydrogen-bond acceptors (Lipinski definition) is 2. The number of halogens is 1. The Kier molecular flexibility index (Phi) is 3.56. The maximum atomic E-state index is 11.4. The average molecular weight is 205 g/mol. The maximum absolute atomic E-state index is 11.4. The summed E-state index contributed by atoms with van der Waals surface area (Å²) in [7, 11) is 1.95. The van der Waals surface area contributed by atoms with Gasteiger partial charge in [-0.1, -0.05) is 0 Å². The first kappa shape index (κ1) is 10.8. The van der Waals surface area contributed by atoms with E-state index in [2.05, 4.69) is 5.32 Å². The van der Waals surface area contributed by atoms with Crippen LogP contribution in [0.5, 0.6) is 0 Å². The Bertz CT molecular complexity index is 198. The van der Waals surface area contributed by atoms with Crippen LogP contribution in [0.25, 0.3) is 0 Å². The van der Waals surface area contributed by atoms with Crippen molar-refractivity contribution in [1.29, 1.82) is 0 Å². The highest BCUT2D eigenvalue weighted by Crippen LogP contribution is 2.26. The van der Waals surface area contributed by atoms with Crippen LogP contribution < -0.4 is 5.32 Å². The monoisotopic (exact) mass is 204 g/mol. The summed E-state index contributed by atoms with van der Waals surface area (Å²) in [5, 5.41) is 3.38. The zero-order valence-electron chi connectivity index (χ0n) is 7.95. The SMILES string of the molecule is CN1C(=O)CCC2CNCCC21.Cl. The molecule has 3 nitrogen and oxygen atoms in total. The van der Waals surface area contributed by atoms with Gasteiger partial charge in [-0.3, -0.25) is 4.79 Å². The molecular formula is C9H17ClN2O. The number of carbonyl (C=O) groups excluding carboxylic acids is 1. The average Bonchev–Trinajstić information content (AvgIpc) is 2.12. The van der Waals surface area contributed by atoms with Gasteiger partial charge in [0.25, 0.3) is 0 Å². The lowest BCUT2D eigenvalue weighted by Gasteiger charge is -2.42. The van der Waals surface area contributed by atoms with Crippen molar-refractivity contribution in [2.75, 3.05) is 20.1 Å². The standard InChI is InChI=1S/C9H16N2O.ClH/c1-11-8-4-5-10-6-7(8)2-3-9(11)12;/h7-8,10H,2-6H2,1H3;1H. The predicted molar refractivity (Wildman–Crippen MR) is 54.0 cm³/mol. The van der Waals surface area contributed by atoms with E-state index in [0.29, 0.717) is 17.9 Å². The molecule has 2 saturated heterocycles. The molecule has 2 unspecified atom stereocenters. The Morgan fingerprint density at radius 3 is 3.00 bits per heavy atom. The molecule has 0 aromatic rings. The van der Waals surface area contributed by atoms with Gasteiger partial charge in [0.2, 0.25) is 5.91 Å². The number of amides is 1. The summed E-state index contributed by atoms with van der Waals surface area (Å²) in [6.07, 6.45) is 2.97. The van der Waals surface area contributed by atoms with E-state index in [1.165, 1.54) is 0 Å². The van der Waals surface area contributed by atoms with Crippen LogP contribution in [0, 0.1) is 5.92 Å². The second kappa shape index (κ2) is 4.29.